The summed E-state index contributed by atoms with van der Waals surface area (Å²) in [5.74, 6) is -1.80. The van der Waals surface area contributed by atoms with Crippen LogP contribution < -0.4 is 5.73 Å². The Kier molecular flexibility index (Phi) is 12.9. The molecule has 4 rings (SSSR count). The lowest BCUT2D eigenvalue weighted by Crippen LogP contribution is -2.66. The van der Waals surface area contributed by atoms with Crippen LogP contribution in [0.1, 0.15) is 77.6 Å². The van der Waals surface area contributed by atoms with Crippen LogP contribution in [0.15, 0.2) is 30.3 Å². The standard InChI is InChI=1S/C38H60ClN3O8/c1-24-17-36(6,46-10)31(50-33-29(28(41(7)8)16-25(2)48-33)49-32(44)27-14-12-11-13-15-27)26(3)30(43)35(4,5)34(45)47-23-38(42(9)18-24)19-37(20-38,21-39)22-40/h11-15,24-26,28-29,31,33H,16-23,40H2,1-10H3/t24-,25-,26+,28+,29-,31-,33+,36-,37?,38?/m1/s1. The van der Waals surface area contributed by atoms with Crippen molar-refractivity contribution in [2.45, 2.75) is 109 Å². The summed E-state index contributed by atoms with van der Waals surface area (Å²) in [5, 5.41) is 0. The second kappa shape index (κ2) is 15.9. The van der Waals surface area contributed by atoms with Gasteiger partial charge in [0, 0.05) is 25.5 Å². The molecule has 1 aromatic rings. The molecule has 0 aromatic heterocycles. The number of alkyl halides is 1. The topological polar surface area (TPSA) is 130 Å². The van der Waals surface area contributed by atoms with Gasteiger partial charge in [0.1, 0.15) is 12.0 Å². The van der Waals surface area contributed by atoms with Crippen LogP contribution in [0.5, 0.6) is 0 Å². The molecule has 0 radical (unpaired) electrons. The maximum absolute atomic E-state index is 14.5. The van der Waals surface area contributed by atoms with Crippen LogP contribution in [0, 0.1) is 22.7 Å². The van der Waals surface area contributed by atoms with Crippen molar-refractivity contribution in [1.82, 2.24) is 9.80 Å². The third-order valence-corrected chi connectivity index (χ3v) is 12.2. The number of carbonyl (C=O) groups excluding carboxylic acids is 3. The molecular weight excluding hydrogens is 662 g/mol. The van der Waals surface area contributed by atoms with Gasteiger partial charge in [0.25, 0.3) is 0 Å². The van der Waals surface area contributed by atoms with Crippen molar-refractivity contribution in [3.63, 3.8) is 0 Å². The molecule has 50 heavy (non-hydrogen) atoms. The number of hydrogen-bond acceptors (Lipinski definition) is 11. The Morgan fingerprint density at radius 1 is 1.10 bits per heavy atom. The van der Waals surface area contributed by atoms with Crippen molar-refractivity contribution in [3.05, 3.63) is 35.9 Å². The highest BCUT2D eigenvalue weighted by atomic mass is 35.5. The second-order valence-corrected chi connectivity index (χ2v) is 16.6. The summed E-state index contributed by atoms with van der Waals surface area (Å²) in [6.45, 7) is 12.2. The SMILES string of the molecule is CO[C@]1(C)C[C@@H](C)CN(C)C2(COC(=O)C(C)(C)C(=O)[C@H](C)[C@H]1O[C@@H]1O[C@H](C)C[C@H](N(C)C)[C@H]1OC(=O)c1ccccc1)CC(CN)(CCl)C2. The van der Waals surface area contributed by atoms with Crippen molar-refractivity contribution in [2.24, 2.45) is 28.4 Å². The summed E-state index contributed by atoms with van der Waals surface area (Å²) in [6, 6.07) is 8.56. The molecule has 2 saturated heterocycles. The summed E-state index contributed by atoms with van der Waals surface area (Å²) in [7, 11) is 7.52. The van der Waals surface area contributed by atoms with E-state index in [1.807, 2.05) is 46.0 Å². The van der Waals surface area contributed by atoms with E-state index < -0.39 is 52.9 Å². The number of nitrogens with two attached hydrogens (primary N) is 1. The van der Waals surface area contributed by atoms with Gasteiger partial charge in [-0.25, -0.2) is 4.79 Å². The molecule has 1 aliphatic carbocycles. The normalized spacial score (nSPS) is 38.8. The predicted octanol–water partition coefficient (Wildman–Crippen LogP) is 4.53. The van der Waals surface area contributed by atoms with Gasteiger partial charge in [-0.1, -0.05) is 32.0 Å². The van der Waals surface area contributed by atoms with Gasteiger partial charge in [-0.05, 0) is 105 Å². The van der Waals surface area contributed by atoms with Crippen LogP contribution in [-0.2, 0) is 33.3 Å². The van der Waals surface area contributed by atoms with E-state index in [-0.39, 0.29) is 35.9 Å². The van der Waals surface area contributed by atoms with E-state index in [2.05, 4.69) is 11.8 Å². The van der Waals surface area contributed by atoms with E-state index in [1.165, 1.54) is 0 Å². The van der Waals surface area contributed by atoms with Crippen molar-refractivity contribution >= 4 is 29.3 Å². The first-order valence-corrected chi connectivity index (χ1v) is 18.4. The Balaban J connectivity index is 1.73. The largest absolute Gasteiger partial charge is 0.463 e. The summed E-state index contributed by atoms with van der Waals surface area (Å²) in [4.78, 5) is 46.0. The smallest absolute Gasteiger partial charge is 0.338 e. The monoisotopic (exact) mass is 721 g/mol. The predicted molar refractivity (Wildman–Crippen MR) is 192 cm³/mol. The molecule has 2 aliphatic heterocycles. The van der Waals surface area contributed by atoms with Gasteiger partial charge >= 0.3 is 11.9 Å². The fourth-order valence-corrected chi connectivity index (χ4v) is 8.81. The van der Waals surface area contributed by atoms with Crippen LogP contribution in [0.25, 0.3) is 0 Å². The maximum Gasteiger partial charge on any atom is 0.338 e. The number of rotatable bonds is 8. The minimum atomic E-state index is -1.50. The average Bonchev–Trinajstić information content (AvgIpc) is 3.06. The minimum absolute atomic E-state index is 0.0657. The number of Topliss-reactive ketones (excluding diaryl/α,β-unsaturated/α-hetero) is 1. The number of ether oxygens (including phenoxy) is 5. The summed E-state index contributed by atoms with van der Waals surface area (Å²) >= 11 is 6.38. The Hall–Kier alpha value is -2.12. The van der Waals surface area contributed by atoms with Gasteiger partial charge in [-0.3, -0.25) is 14.5 Å². The number of ketones is 1. The summed E-state index contributed by atoms with van der Waals surface area (Å²) in [6.07, 6.45) is -0.506. The molecule has 1 spiro atoms. The number of esters is 2. The van der Waals surface area contributed by atoms with Gasteiger partial charge in [0.05, 0.1) is 35.0 Å². The molecule has 11 nitrogen and oxygen atoms in total. The molecule has 8 atom stereocenters. The zero-order valence-corrected chi connectivity index (χ0v) is 32.5. The number of hydrogen-bond donors (Lipinski definition) is 1. The van der Waals surface area contributed by atoms with E-state index in [9.17, 15) is 14.4 Å². The summed E-state index contributed by atoms with van der Waals surface area (Å²) < 4.78 is 31.9. The van der Waals surface area contributed by atoms with Gasteiger partial charge in [0.2, 0.25) is 0 Å². The fourth-order valence-electron chi connectivity index (χ4n) is 8.51. The van der Waals surface area contributed by atoms with Crippen LogP contribution in [0.3, 0.4) is 0 Å². The molecule has 3 fully saturated rings. The minimum Gasteiger partial charge on any atom is -0.463 e. The lowest BCUT2D eigenvalue weighted by atomic mass is 9.57. The molecule has 0 bridgehead atoms. The van der Waals surface area contributed by atoms with Gasteiger partial charge in [-0.2, -0.15) is 0 Å². The second-order valence-electron chi connectivity index (χ2n) is 16.4. The number of methoxy groups -OCH3 is 1. The number of cyclic esters (lactones) is 1. The van der Waals surface area contributed by atoms with Crippen LogP contribution in [0.4, 0.5) is 0 Å². The zero-order chi connectivity index (χ0) is 37.2. The van der Waals surface area contributed by atoms with E-state index in [0.29, 0.717) is 50.2 Å². The Labute approximate surface area is 303 Å². The van der Waals surface area contributed by atoms with Gasteiger partial charge in [-0.15, -0.1) is 11.6 Å². The number of nitrogens with zero attached hydrogens (tertiary/aromatic N) is 2. The lowest BCUT2D eigenvalue weighted by molar-refractivity contribution is -0.295. The van der Waals surface area contributed by atoms with Crippen molar-refractivity contribution < 1.29 is 38.1 Å². The maximum atomic E-state index is 14.5. The van der Waals surface area contributed by atoms with E-state index in [0.717, 1.165) is 0 Å². The number of halogens is 1. The molecule has 12 heteroatoms. The first-order chi connectivity index (χ1) is 23.4. The molecule has 2 heterocycles. The number of benzene rings is 1. The highest BCUT2D eigenvalue weighted by Gasteiger charge is 2.58. The van der Waals surface area contributed by atoms with Crippen molar-refractivity contribution in [3.8, 4) is 0 Å². The third-order valence-electron chi connectivity index (χ3n) is 11.6. The van der Waals surface area contributed by atoms with Crippen LogP contribution in [-0.4, -0.2) is 123 Å². The quantitative estimate of drug-likeness (QED) is 0.231. The molecule has 1 aromatic carbocycles. The summed E-state index contributed by atoms with van der Waals surface area (Å²) in [5.41, 5.74) is 3.36. The van der Waals surface area contributed by atoms with Gasteiger partial charge < -0.3 is 34.3 Å². The number of carbonyl (C=O) groups is 3. The van der Waals surface area contributed by atoms with E-state index in [4.69, 9.17) is 41.0 Å². The van der Waals surface area contributed by atoms with E-state index >= 15 is 0 Å². The Morgan fingerprint density at radius 3 is 2.30 bits per heavy atom. The molecule has 1 saturated carbocycles. The highest BCUT2D eigenvalue weighted by molar-refractivity contribution is 6.18. The third kappa shape index (κ3) is 8.24. The van der Waals surface area contributed by atoms with Crippen LogP contribution in [0.2, 0.25) is 0 Å². The first-order valence-electron chi connectivity index (χ1n) is 17.8. The molecule has 3 aliphatic rings. The first kappa shape index (κ1) is 40.6. The van der Waals surface area contributed by atoms with E-state index in [1.54, 1.807) is 52.1 Å². The molecule has 282 valence electrons. The van der Waals surface area contributed by atoms with Gasteiger partial charge in [0.15, 0.2) is 18.2 Å². The highest BCUT2D eigenvalue weighted by Crippen LogP contribution is 2.52. The van der Waals surface area contributed by atoms with Crippen molar-refractivity contribution in [1.29, 1.82) is 0 Å². The zero-order valence-electron chi connectivity index (χ0n) is 31.7. The molecule has 0 amide bonds. The average molecular weight is 722 g/mol. The van der Waals surface area contributed by atoms with Crippen LogP contribution >= 0.6 is 11.6 Å². The number of likely N-dealkylation sites (N-methyl/N-ethyl adjacent to an activating group) is 2. The molecule has 0 unspecified atom stereocenters. The van der Waals surface area contributed by atoms with Crippen molar-refractivity contribution in [2.75, 3.05) is 53.8 Å². The molecular formula is C38H60ClN3O8. The lowest BCUT2D eigenvalue weighted by Gasteiger charge is -2.59. The molecule has 2 N–H and O–H groups in total. The fraction of sp³-hybridized carbons (Fsp3) is 0.763. The Bertz CT molecular complexity index is 1330. The Morgan fingerprint density at radius 2 is 1.74 bits per heavy atom.